The van der Waals surface area contributed by atoms with Crippen molar-refractivity contribution in [3.63, 3.8) is 0 Å². The van der Waals surface area contributed by atoms with Gasteiger partial charge in [-0.3, -0.25) is 4.79 Å². The summed E-state index contributed by atoms with van der Waals surface area (Å²) in [4.78, 5) is 11.8. The molecule has 0 radical (unpaired) electrons. The van der Waals surface area contributed by atoms with Crippen LogP contribution in [0.4, 0.5) is 10.1 Å². The zero-order valence-corrected chi connectivity index (χ0v) is 13.8. The van der Waals surface area contributed by atoms with E-state index in [2.05, 4.69) is 36.8 Å². The van der Waals surface area contributed by atoms with Crippen molar-refractivity contribution in [1.82, 2.24) is 20.2 Å². The van der Waals surface area contributed by atoms with Gasteiger partial charge in [-0.2, -0.15) is 0 Å². The summed E-state index contributed by atoms with van der Waals surface area (Å²) in [6.45, 7) is -0.236. The molecule has 0 aliphatic rings. The fraction of sp³-hybridized carbons (Fsp3) is 0.0667. The largest absolute Gasteiger partial charge is 0.484 e. The van der Waals surface area contributed by atoms with Gasteiger partial charge in [0, 0.05) is 4.47 Å². The van der Waals surface area contributed by atoms with Crippen molar-refractivity contribution in [1.29, 1.82) is 0 Å². The smallest absolute Gasteiger partial charge is 0.262 e. The number of carbonyl (C=O) groups excluding carboxylic acids is 1. The highest BCUT2D eigenvalue weighted by Gasteiger charge is 2.08. The molecule has 2 aromatic carbocycles. The average molecular weight is 392 g/mol. The van der Waals surface area contributed by atoms with E-state index in [1.165, 1.54) is 23.1 Å². The molecule has 3 rings (SSSR count). The number of nitrogens with zero attached hydrogens (tertiary/aromatic N) is 4. The van der Waals surface area contributed by atoms with Crippen LogP contribution in [0.2, 0.25) is 0 Å². The monoisotopic (exact) mass is 391 g/mol. The standard InChI is InChI=1S/C15H11BrFN5O2/c16-10-1-6-14(13(17)7-10)19-15(23)8-24-12-4-2-11(3-5-12)22-9-18-20-21-22/h1-7,9H,8H2,(H,19,23). The van der Waals surface area contributed by atoms with Crippen molar-refractivity contribution >= 4 is 27.5 Å². The fourth-order valence-electron chi connectivity index (χ4n) is 1.90. The van der Waals surface area contributed by atoms with E-state index in [0.717, 1.165) is 5.69 Å². The second kappa shape index (κ2) is 7.18. The number of halogens is 2. The molecule has 0 unspecified atom stereocenters. The van der Waals surface area contributed by atoms with E-state index in [-0.39, 0.29) is 12.3 Å². The Bertz CT molecular complexity index is 840. The summed E-state index contributed by atoms with van der Waals surface area (Å²) in [5.41, 5.74) is 0.856. The minimum absolute atomic E-state index is 0.0980. The zero-order valence-electron chi connectivity index (χ0n) is 12.2. The highest BCUT2D eigenvalue weighted by molar-refractivity contribution is 9.10. The third kappa shape index (κ3) is 3.93. The first kappa shape index (κ1) is 16.1. The molecular weight excluding hydrogens is 381 g/mol. The summed E-state index contributed by atoms with van der Waals surface area (Å²) in [5, 5.41) is 13.3. The molecule has 0 atom stereocenters. The Labute approximate surface area is 144 Å². The minimum Gasteiger partial charge on any atom is -0.484 e. The van der Waals surface area contributed by atoms with Gasteiger partial charge in [0.05, 0.1) is 11.4 Å². The molecule has 0 bridgehead atoms. The van der Waals surface area contributed by atoms with E-state index < -0.39 is 11.7 Å². The fourth-order valence-corrected chi connectivity index (χ4v) is 2.23. The van der Waals surface area contributed by atoms with Crippen LogP contribution in [0, 0.1) is 5.82 Å². The van der Waals surface area contributed by atoms with Crippen molar-refractivity contribution in [3.8, 4) is 11.4 Å². The van der Waals surface area contributed by atoms with Crippen molar-refractivity contribution in [2.24, 2.45) is 0 Å². The Balaban J connectivity index is 1.56. The molecule has 0 saturated heterocycles. The maximum atomic E-state index is 13.6. The molecule has 1 aromatic heterocycles. The van der Waals surface area contributed by atoms with Crippen LogP contribution in [0.5, 0.6) is 5.75 Å². The second-order valence-corrected chi connectivity index (χ2v) is 5.62. The molecule has 7 nitrogen and oxygen atoms in total. The van der Waals surface area contributed by atoms with Gasteiger partial charge in [0.2, 0.25) is 0 Å². The molecule has 0 saturated carbocycles. The molecule has 122 valence electrons. The molecule has 24 heavy (non-hydrogen) atoms. The predicted octanol–water partition coefficient (Wildman–Crippen LogP) is 2.58. The van der Waals surface area contributed by atoms with E-state index in [9.17, 15) is 9.18 Å². The number of ether oxygens (including phenoxy) is 1. The normalized spacial score (nSPS) is 10.4. The van der Waals surface area contributed by atoms with Gasteiger partial charge in [-0.25, -0.2) is 9.07 Å². The number of hydrogen-bond donors (Lipinski definition) is 1. The number of rotatable bonds is 5. The van der Waals surface area contributed by atoms with Crippen LogP contribution >= 0.6 is 15.9 Å². The number of anilines is 1. The van der Waals surface area contributed by atoms with E-state index in [1.807, 2.05) is 0 Å². The summed E-state index contributed by atoms with van der Waals surface area (Å²) in [7, 11) is 0. The molecule has 1 heterocycles. The van der Waals surface area contributed by atoms with Gasteiger partial charge in [0.15, 0.2) is 6.61 Å². The number of aromatic nitrogens is 4. The maximum Gasteiger partial charge on any atom is 0.262 e. The Morgan fingerprint density at radius 2 is 2.04 bits per heavy atom. The third-order valence-electron chi connectivity index (χ3n) is 3.03. The Kier molecular flexibility index (Phi) is 4.80. The van der Waals surface area contributed by atoms with Crippen LogP contribution in [0.15, 0.2) is 53.3 Å². The number of tetrazole rings is 1. The highest BCUT2D eigenvalue weighted by Crippen LogP contribution is 2.19. The second-order valence-electron chi connectivity index (χ2n) is 4.71. The molecule has 0 aliphatic heterocycles. The summed E-state index contributed by atoms with van der Waals surface area (Å²) in [6.07, 6.45) is 1.47. The lowest BCUT2D eigenvalue weighted by molar-refractivity contribution is -0.118. The number of amides is 1. The van der Waals surface area contributed by atoms with Gasteiger partial charge in [-0.05, 0) is 52.9 Å². The summed E-state index contributed by atoms with van der Waals surface area (Å²) >= 11 is 3.15. The van der Waals surface area contributed by atoms with E-state index >= 15 is 0 Å². The molecule has 3 aromatic rings. The van der Waals surface area contributed by atoms with Gasteiger partial charge in [0.25, 0.3) is 5.91 Å². The van der Waals surface area contributed by atoms with E-state index in [1.54, 1.807) is 30.3 Å². The van der Waals surface area contributed by atoms with Gasteiger partial charge in [-0.1, -0.05) is 15.9 Å². The van der Waals surface area contributed by atoms with Gasteiger partial charge >= 0.3 is 0 Å². The summed E-state index contributed by atoms with van der Waals surface area (Å²) in [6, 6.07) is 11.2. The van der Waals surface area contributed by atoms with Gasteiger partial charge in [0.1, 0.15) is 17.9 Å². The number of carbonyl (C=O) groups is 1. The average Bonchev–Trinajstić information content (AvgIpc) is 3.11. The van der Waals surface area contributed by atoms with Crippen LogP contribution in [0.1, 0.15) is 0 Å². The third-order valence-corrected chi connectivity index (χ3v) is 3.52. The minimum atomic E-state index is -0.525. The Morgan fingerprint density at radius 3 is 2.71 bits per heavy atom. The van der Waals surface area contributed by atoms with Crippen LogP contribution in [-0.4, -0.2) is 32.7 Å². The maximum absolute atomic E-state index is 13.6. The number of benzene rings is 2. The molecular formula is C15H11BrFN5O2. The zero-order chi connectivity index (χ0) is 16.9. The first-order valence-corrected chi connectivity index (χ1v) is 7.62. The number of hydrogen-bond acceptors (Lipinski definition) is 5. The lowest BCUT2D eigenvalue weighted by Gasteiger charge is -2.09. The molecule has 0 spiro atoms. The lowest BCUT2D eigenvalue weighted by atomic mass is 10.3. The quantitative estimate of drug-likeness (QED) is 0.722. The molecule has 9 heteroatoms. The first-order valence-electron chi connectivity index (χ1n) is 6.83. The van der Waals surface area contributed by atoms with Gasteiger partial charge < -0.3 is 10.1 Å². The van der Waals surface area contributed by atoms with Gasteiger partial charge in [-0.15, -0.1) is 5.10 Å². The van der Waals surface area contributed by atoms with E-state index in [0.29, 0.717) is 10.2 Å². The van der Waals surface area contributed by atoms with Crippen LogP contribution < -0.4 is 10.1 Å². The SMILES string of the molecule is O=C(COc1ccc(-n2cnnn2)cc1)Nc1ccc(Br)cc1F. The van der Waals surface area contributed by atoms with Crippen molar-refractivity contribution < 1.29 is 13.9 Å². The first-order chi connectivity index (χ1) is 11.6. The topological polar surface area (TPSA) is 81.9 Å². The molecule has 1 amide bonds. The lowest BCUT2D eigenvalue weighted by Crippen LogP contribution is -2.20. The Hall–Kier alpha value is -2.81. The molecule has 1 N–H and O–H groups in total. The van der Waals surface area contributed by atoms with Crippen molar-refractivity contribution in [3.05, 3.63) is 59.1 Å². The highest BCUT2D eigenvalue weighted by atomic mass is 79.9. The Morgan fingerprint density at radius 1 is 1.25 bits per heavy atom. The number of nitrogens with one attached hydrogen (secondary N) is 1. The van der Waals surface area contributed by atoms with E-state index in [4.69, 9.17) is 4.74 Å². The molecule has 0 aliphatic carbocycles. The van der Waals surface area contributed by atoms with Crippen LogP contribution in [0.3, 0.4) is 0 Å². The van der Waals surface area contributed by atoms with Crippen LogP contribution in [0.25, 0.3) is 5.69 Å². The molecule has 0 fully saturated rings. The summed E-state index contributed by atoms with van der Waals surface area (Å²) < 4.78 is 21.1. The summed E-state index contributed by atoms with van der Waals surface area (Å²) in [5.74, 6) is -0.484. The van der Waals surface area contributed by atoms with Crippen molar-refractivity contribution in [2.75, 3.05) is 11.9 Å². The predicted molar refractivity (Wildman–Crippen MR) is 87.4 cm³/mol. The van der Waals surface area contributed by atoms with Crippen LogP contribution in [-0.2, 0) is 4.79 Å². The van der Waals surface area contributed by atoms with Crippen molar-refractivity contribution in [2.45, 2.75) is 0 Å².